The van der Waals surface area contributed by atoms with Gasteiger partial charge in [0, 0.05) is 0 Å². The zero-order chi connectivity index (χ0) is 11.2. The summed E-state index contributed by atoms with van der Waals surface area (Å²) in [4.78, 5) is 15.7. The van der Waals surface area contributed by atoms with Crippen molar-refractivity contribution in [1.29, 1.82) is 0 Å². The first kappa shape index (κ1) is 12.9. The highest BCUT2D eigenvalue weighted by molar-refractivity contribution is 7.89. The number of hydrogen-bond acceptors (Lipinski definition) is 4. The van der Waals surface area contributed by atoms with Crippen LogP contribution in [0.15, 0.2) is 12.7 Å². The van der Waals surface area contributed by atoms with E-state index in [0.717, 1.165) is 0 Å². The van der Waals surface area contributed by atoms with E-state index in [1.807, 2.05) is 0 Å². The van der Waals surface area contributed by atoms with Gasteiger partial charge >= 0.3 is 6.09 Å². The van der Waals surface area contributed by atoms with Gasteiger partial charge in [0.1, 0.15) is 0 Å². The summed E-state index contributed by atoms with van der Waals surface area (Å²) < 4.78 is 22.3. The molecule has 0 heterocycles. The quantitative estimate of drug-likeness (QED) is 0.493. The molecule has 0 rings (SSSR count). The van der Waals surface area contributed by atoms with Crippen molar-refractivity contribution in [2.75, 3.05) is 5.75 Å². The third-order valence-electron chi connectivity index (χ3n) is 1.34. The highest BCUT2D eigenvalue weighted by Crippen LogP contribution is 2.05. The number of rotatable bonds is 6. The molecular formula is C7H14N2O4S. The SMILES string of the molecule is C=CCC(C)CS(=O)(=O)NOC(N)=O. The molecule has 14 heavy (non-hydrogen) atoms. The highest BCUT2D eigenvalue weighted by atomic mass is 32.2. The van der Waals surface area contributed by atoms with Crippen LogP contribution in [-0.4, -0.2) is 20.3 Å². The van der Waals surface area contributed by atoms with Crippen LogP contribution < -0.4 is 10.6 Å². The number of primary amides is 1. The van der Waals surface area contributed by atoms with E-state index >= 15 is 0 Å². The van der Waals surface area contributed by atoms with Gasteiger partial charge in [-0.05, 0) is 17.2 Å². The minimum absolute atomic E-state index is 0.0959. The largest absolute Gasteiger partial charge is 0.424 e. The highest BCUT2D eigenvalue weighted by Gasteiger charge is 2.15. The fourth-order valence-corrected chi connectivity index (χ4v) is 2.03. The molecule has 1 amide bonds. The Labute approximate surface area is 83.1 Å². The van der Waals surface area contributed by atoms with Gasteiger partial charge in [0.15, 0.2) is 0 Å². The lowest BCUT2D eigenvalue weighted by atomic mass is 10.1. The number of sulfonamides is 1. The summed E-state index contributed by atoms with van der Waals surface area (Å²) in [6, 6.07) is 0. The second-order valence-corrected chi connectivity index (χ2v) is 4.64. The molecule has 7 heteroatoms. The van der Waals surface area contributed by atoms with Crippen LogP contribution in [0, 0.1) is 5.92 Å². The number of nitrogens with two attached hydrogens (primary N) is 1. The second-order valence-electron chi connectivity index (χ2n) is 2.92. The van der Waals surface area contributed by atoms with Gasteiger partial charge in [-0.3, -0.25) is 0 Å². The average molecular weight is 222 g/mol. The number of allylic oxidation sites excluding steroid dienone is 1. The molecule has 0 saturated heterocycles. The summed E-state index contributed by atoms with van der Waals surface area (Å²) in [6.45, 7) is 5.23. The molecule has 0 fully saturated rings. The lowest BCUT2D eigenvalue weighted by molar-refractivity contribution is 0.134. The number of carbonyl (C=O) groups excluding carboxylic acids is 1. The van der Waals surface area contributed by atoms with E-state index in [0.29, 0.717) is 6.42 Å². The van der Waals surface area contributed by atoms with Crippen molar-refractivity contribution >= 4 is 16.1 Å². The Morgan fingerprint density at radius 3 is 2.71 bits per heavy atom. The smallest absolute Gasteiger partial charge is 0.339 e. The van der Waals surface area contributed by atoms with E-state index in [-0.39, 0.29) is 11.7 Å². The zero-order valence-electron chi connectivity index (χ0n) is 7.89. The topological polar surface area (TPSA) is 98.5 Å². The van der Waals surface area contributed by atoms with Gasteiger partial charge in [-0.15, -0.1) is 6.58 Å². The maximum Gasteiger partial charge on any atom is 0.424 e. The molecule has 0 saturated carbocycles. The van der Waals surface area contributed by atoms with Gasteiger partial charge < -0.3 is 10.6 Å². The zero-order valence-corrected chi connectivity index (χ0v) is 8.71. The van der Waals surface area contributed by atoms with E-state index in [4.69, 9.17) is 0 Å². The summed E-state index contributed by atoms with van der Waals surface area (Å²) in [7, 11) is -3.62. The summed E-state index contributed by atoms with van der Waals surface area (Å²) in [5.41, 5.74) is 4.58. The predicted molar refractivity (Wildman–Crippen MR) is 51.6 cm³/mol. The van der Waals surface area contributed by atoms with Crippen molar-refractivity contribution in [3.05, 3.63) is 12.7 Å². The number of nitrogens with one attached hydrogen (secondary N) is 1. The molecule has 0 aliphatic rings. The number of carbonyl (C=O) groups is 1. The first-order chi connectivity index (χ1) is 6.37. The molecule has 1 unspecified atom stereocenters. The molecule has 82 valence electrons. The number of hydrogen-bond donors (Lipinski definition) is 2. The van der Waals surface area contributed by atoms with Gasteiger partial charge in [-0.1, -0.05) is 13.0 Å². The van der Waals surface area contributed by atoms with Crippen molar-refractivity contribution in [3.8, 4) is 0 Å². The van der Waals surface area contributed by atoms with Crippen LogP contribution in [0.3, 0.4) is 0 Å². The maximum atomic E-state index is 11.1. The summed E-state index contributed by atoms with van der Waals surface area (Å²) in [5.74, 6) is -0.242. The molecule has 0 aromatic heterocycles. The fraction of sp³-hybridized carbons (Fsp3) is 0.571. The molecule has 1 atom stereocenters. The third-order valence-corrected chi connectivity index (χ3v) is 2.69. The van der Waals surface area contributed by atoms with E-state index in [2.05, 4.69) is 17.2 Å². The minimum atomic E-state index is -3.62. The molecular weight excluding hydrogens is 208 g/mol. The Bertz CT molecular complexity index is 299. The van der Waals surface area contributed by atoms with Crippen LogP contribution in [0.5, 0.6) is 0 Å². The summed E-state index contributed by atoms with van der Waals surface area (Å²) in [5, 5.41) is 0. The van der Waals surface area contributed by atoms with E-state index in [1.54, 1.807) is 17.9 Å². The molecule has 6 nitrogen and oxygen atoms in total. The van der Waals surface area contributed by atoms with E-state index in [9.17, 15) is 13.2 Å². The van der Waals surface area contributed by atoms with Gasteiger partial charge in [0.05, 0.1) is 5.75 Å². The Hall–Kier alpha value is -1.08. The molecule has 0 aliphatic carbocycles. The van der Waals surface area contributed by atoms with Crippen molar-refractivity contribution in [3.63, 3.8) is 0 Å². The van der Waals surface area contributed by atoms with Crippen LogP contribution in [0.25, 0.3) is 0 Å². The van der Waals surface area contributed by atoms with Crippen molar-refractivity contribution < 1.29 is 18.0 Å². The molecule has 0 spiro atoms. The average Bonchev–Trinajstić information content (AvgIpc) is 2.00. The normalized spacial score (nSPS) is 13.2. The molecule has 0 bridgehead atoms. The second kappa shape index (κ2) is 5.61. The van der Waals surface area contributed by atoms with E-state index < -0.39 is 16.1 Å². The Kier molecular flexibility index (Phi) is 5.18. The molecule has 0 aromatic carbocycles. The van der Waals surface area contributed by atoms with Gasteiger partial charge in [0.25, 0.3) is 0 Å². The van der Waals surface area contributed by atoms with Crippen molar-refractivity contribution in [2.24, 2.45) is 11.7 Å². The Morgan fingerprint density at radius 1 is 1.71 bits per heavy atom. The van der Waals surface area contributed by atoms with Gasteiger partial charge in [-0.2, -0.15) is 0 Å². The number of amides is 1. The molecule has 0 radical (unpaired) electrons. The van der Waals surface area contributed by atoms with Crippen molar-refractivity contribution in [1.82, 2.24) is 4.89 Å². The third kappa shape index (κ3) is 6.44. The predicted octanol–water partition coefficient (Wildman–Crippen LogP) is 0.128. The fourth-order valence-electron chi connectivity index (χ4n) is 0.866. The van der Waals surface area contributed by atoms with Crippen molar-refractivity contribution in [2.45, 2.75) is 13.3 Å². The monoisotopic (exact) mass is 222 g/mol. The Balaban J connectivity index is 4.07. The first-order valence-corrected chi connectivity index (χ1v) is 5.59. The van der Waals surface area contributed by atoms with E-state index in [1.165, 1.54) is 0 Å². The molecule has 0 aromatic rings. The van der Waals surface area contributed by atoms with Gasteiger partial charge in [0.2, 0.25) is 10.0 Å². The lowest BCUT2D eigenvalue weighted by Gasteiger charge is -2.09. The van der Waals surface area contributed by atoms with Crippen LogP contribution in [0.2, 0.25) is 0 Å². The Morgan fingerprint density at radius 2 is 2.29 bits per heavy atom. The van der Waals surface area contributed by atoms with Crippen LogP contribution in [0.1, 0.15) is 13.3 Å². The standard InChI is InChI=1S/C7H14N2O4S/c1-3-4-6(2)5-14(11,12)9-13-7(8)10/h3,6,9H,1,4-5H2,2H3,(H2,8,10). The molecule has 3 N–H and O–H groups in total. The maximum absolute atomic E-state index is 11.1. The van der Waals surface area contributed by atoms with Gasteiger partial charge in [-0.25, -0.2) is 13.2 Å². The minimum Gasteiger partial charge on any atom is -0.339 e. The summed E-state index contributed by atoms with van der Waals surface area (Å²) >= 11 is 0. The van der Waals surface area contributed by atoms with Crippen LogP contribution >= 0.6 is 0 Å². The van der Waals surface area contributed by atoms with Crippen LogP contribution in [0.4, 0.5) is 4.79 Å². The first-order valence-electron chi connectivity index (χ1n) is 3.94. The molecule has 0 aliphatic heterocycles. The van der Waals surface area contributed by atoms with Crippen LogP contribution in [-0.2, 0) is 14.9 Å². The lowest BCUT2D eigenvalue weighted by Crippen LogP contribution is -2.33. The summed E-state index contributed by atoms with van der Waals surface area (Å²) in [6.07, 6.45) is 0.997.